The standard InChI is InChI=1S/C21H36O2Si/c1-21-12-11-17-16-8-6-15(23-24(2,3)4)13-14(16)5-7-18(17)19(21)9-10-20(21)22/h14-19H,5-13H2,1-4H3/t14?,15?,16-,17+,18+,19-,21-/m0/s1. The summed E-state index contributed by atoms with van der Waals surface area (Å²) < 4.78 is 6.46. The van der Waals surface area contributed by atoms with Gasteiger partial charge in [0.2, 0.25) is 0 Å². The maximum absolute atomic E-state index is 12.5. The Hall–Kier alpha value is -0.153. The molecule has 0 heterocycles. The van der Waals surface area contributed by atoms with Gasteiger partial charge in [0, 0.05) is 17.9 Å². The van der Waals surface area contributed by atoms with Gasteiger partial charge in [0.25, 0.3) is 0 Å². The Morgan fingerprint density at radius 2 is 1.71 bits per heavy atom. The summed E-state index contributed by atoms with van der Waals surface area (Å²) in [5.74, 6) is 4.90. The molecule has 4 saturated carbocycles. The number of fused-ring (bicyclic) bond motifs is 5. The predicted octanol–water partition coefficient (Wildman–Crippen LogP) is 5.43. The van der Waals surface area contributed by atoms with Gasteiger partial charge in [-0.3, -0.25) is 4.79 Å². The molecule has 0 radical (unpaired) electrons. The Balaban J connectivity index is 1.46. The zero-order valence-electron chi connectivity index (χ0n) is 16.1. The summed E-state index contributed by atoms with van der Waals surface area (Å²) in [4.78, 5) is 12.5. The summed E-state index contributed by atoms with van der Waals surface area (Å²) >= 11 is 0. The molecule has 0 N–H and O–H groups in total. The van der Waals surface area contributed by atoms with E-state index < -0.39 is 8.32 Å². The van der Waals surface area contributed by atoms with E-state index in [1.807, 2.05) is 0 Å². The number of carbonyl (C=O) groups excluding carboxylic acids is 1. The number of hydrogen-bond donors (Lipinski definition) is 0. The molecule has 4 aliphatic rings. The molecule has 7 atom stereocenters. The quantitative estimate of drug-likeness (QED) is 0.622. The highest BCUT2D eigenvalue weighted by Crippen LogP contribution is 2.61. The first-order valence-electron chi connectivity index (χ1n) is 10.5. The lowest BCUT2D eigenvalue weighted by molar-refractivity contribution is -0.133. The van der Waals surface area contributed by atoms with Crippen molar-refractivity contribution in [2.24, 2.45) is 35.0 Å². The Labute approximate surface area is 149 Å². The second-order valence-electron chi connectivity index (χ2n) is 10.5. The number of hydrogen-bond acceptors (Lipinski definition) is 2. The molecule has 0 saturated heterocycles. The first-order valence-corrected chi connectivity index (χ1v) is 13.9. The van der Waals surface area contributed by atoms with Crippen LogP contribution in [0.5, 0.6) is 0 Å². The van der Waals surface area contributed by atoms with Crippen LogP contribution in [0.2, 0.25) is 19.6 Å². The Bertz CT molecular complexity index is 510. The van der Waals surface area contributed by atoms with Crippen molar-refractivity contribution in [1.82, 2.24) is 0 Å². The van der Waals surface area contributed by atoms with Crippen LogP contribution >= 0.6 is 0 Å². The van der Waals surface area contributed by atoms with Gasteiger partial charge in [-0.2, -0.15) is 0 Å². The van der Waals surface area contributed by atoms with Gasteiger partial charge in [0.15, 0.2) is 8.32 Å². The van der Waals surface area contributed by atoms with E-state index in [1.54, 1.807) is 0 Å². The van der Waals surface area contributed by atoms with Crippen molar-refractivity contribution in [3.8, 4) is 0 Å². The Morgan fingerprint density at radius 3 is 2.46 bits per heavy atom. The molecule has 0 aromatic heterocycles. The minimum absolute atomic E-state index is 0.0478. The summed E-state index contributed by atoms with van der Waals surface area (Å²) in [6.07, 6.45) is 11.9. The zero-order valence-corrected chi connectivity index (χ0v) is 17.1. The second kappa shape index (κ2) is 5.94. The highest BCUT2D eigenvalue weighted by atomic mass is 28.4. The van der Waals surface area contributed by atoms with E-state index in [0.29, 0.717) is 17.8 Å². The Kier molecular flexibility index (Phi) is 4.27. The van der Waals surface area contributed by atoms with Crippen molar-refractivity contribution in [3.63, 3.8) is 0 Å². The third kappa shape index (κ3) is 2.84. The van der Waals surface area contributed by atoms with Crippen molar-refractivity contribution in [3.05, 3.63) is 0 Å². The molecule has 3 heteroatoms. The van der Waals surface area contributed by atoms with E-state index in [-0.39, 0.29) is 5.41 Å². The van der Waals surface area contributed by atoms with Crippen molar-refractivity contribution in [2.75, 3.05) is 0 Å². The van der Waals surface area contributed by atoms with Gasteiger partial charge in [0.1, 0.15) is 5.78 Å². The largest absolute Gasteiger partial charge is 0.415 e. The molecule has 4 fully saturated rings. The first kappa shape index (κ1) is 17.3. The number of Topliss-reactive ketones (excluding diaryl/α,β-unsaturated/α-hetero) is 1. The fourth-order valence-corrected chi connectivity index (χ4v) is 8.40. The van der Waals surface area contributed by atoms with Crippen LogP contribution in [-0.4, -0.2) is 20.2 Å². The van der Waals surface area contributed by atoms with Gasteiger partial charge in [-0.25, -0.2) is 0 Å². The molecule has 0 aromatic carbocycles. The normalized spacial score (nSPS) is 48.6. The zero-order chi connectivity index (χ0) is 17.1. The molecule has 2 unspecified atom stereocenters. The van der Waals surface area contributed by atoms with Crippen LogP contribution in [0.25, 0.3) is 0 Å². The molecular weight excluding hydrogens is 312 g/mol. The first-order chi connectivity index (χ1) is 11.3. The fourth-order valence-electron chi connectivity index (χ4n) is 7.19. The lowest BCUT2D eigenvalue weighted by Crippen LogP contribution is -2.49. The molecular formula is C21H36O2Si. The third-order valence-corrected chi connectivity index (χ3v) is 9.18. The highest BCUT2D eigenvalue weighted by molar-refractivity contribution is 6.69. The van der Waals surface area contributed by atoms with Gasteiger partial charge in [0.05, 0.1) is 0 Å². The average molecular weight is 349 g/mol. The van der Waals surface area contributed by atoms with Crippen molar-refractivity contribution < 1.29 is 9.22 Å². The van der Waals surface area contributed by atoms with Crippen molar-refractivity contribution in [2.45, 2.75) is 90.5 Å². The van der Waals surface area contributed by atoms with E-state index in [0.717, 1.165) is 30.1 Å². The van der Waals surface area contributed by atoms with Gasteiger partial charge in [-0.05, 0) is 101 Å². The van der Waals surface area contributed by atoms with Crippen molar-refractivity contribution >= 4 is 14.1 Å². The number of ketones is 1. The number of rotatable bonds is 2. The van der Waals surface area contributed by atoms with Crippen LogP contribution in [0.15, 0.2) is 0 Å². The van der Waals surface area contributed by atoms with Gasteiger partial charge < -0.3 is 4.43 Å². The minimum atomic E-state index is -1.41. The van der Waals surface area contributed by atoms with E-state index >= 15 is 0 Å². The molecule has 0 aliphatic heterocycles. The number of carbonyl (C=O) groups is 1. The monoisotopic (exact) mass is 348 g/mol. The molecule has 24 heavy (non-hydrogen) atoms. The summed E-state index contributed by atoms with van der Waals surface area (Å²) in [6, 6.07) is 0. The molecule has 0 bridgehead atoms. The smallest absolute Gasteiger partial charge is 0.184 e. The van der Waals surface area contributed by atoms with Crippen LogP contribution in [0.4, 0.5) is 0 Å². The molecule has 4 rings (SSSR count). The SMILES string of the molecule is C[C@]12CC[C@H]3[C@@H](CCC4CC(O[Si](C)(C)C)CC[C@@H]43)[C@@H]1CCC2=O. The van der Waals surface area contributed by atoms with E-state index in [4.69, 9.17) is 4.43 Å². The maximum Gasteiger partial charge on any atom is 0.184 e. The molecule has 136 valence electrons. The summed E-state index contributed by atoms with van der Waals surface area (Å²) in [5, 5.41) is 0. The third-order valence-electron chi connectivity index (χ3n) is 8.14. The van der Waals surface area contributed by atoms with Crippen LogP contribution in [0, 0.1) is 35.0 Å². The summed E-state index contributed by atoms with van der Waals surface area (Å²) in [5.41, 5.74) is 0.0478. The van der Waals surface area contributed by atoms with Crippen LogP contribution in [-0.2, 0) is 9.22 Å². The molecule has 2 nitrogen and oxygen atoms in total. The lowest BCUT2D eigenvalue weighted by Gasteiger charge is -2.55. The van der Waals surface area contributed by atoms with Gasteiger partial charge in [-0.1, -0.05) is 6.92 Å². The van der Waals surface area contributed by atoms with Crippen LogP contribution in [0.1, 0.15) is 64.7 Å². The van der Waals surface area contributed by atoms with E-state index in [1.165, 1.54) is 51.4 Å². The molecule has 0 aromatic rings. The lowest BCUT2D eigenvalue weighted by atomic mass is 9.50. The molecule has 0 spiro atoms. The highest BCUT2D eigenvalue weighted by Gasteiger charge is 2.56. The average Bonchev–Trinajstić information content (AvgIpc) is 2.81. The maximum atomic E-state index is 12.5. The van der Waals surface area contributed by atoms with Crippen LogP contribution in [0.3, 0.4) is 0 Å². The van der Waals surface area contributed by atoms with Gasteiger partial charge >= 0.3 is 0 Å². The summed E-state index contributed by atoms with van der Waals surface area (Å²) in [6.45, 7) is 9.28. The van der Waals surface area contributed by atoms with Gasteiger partial charge in [-0.15, -0.1) is 0 Å². The summed E-state index contributed by atoms with van der Waals surface area (Å²) in [7, 11) is -1.41. The fraction of sp³-hybridized carbons (Fsp3) is 0.952. The van der Waals surface area contributed by atoms with Crippen molar-refractivity contribution in [1.29, 1.82) is 0 Å². The van der Waals surface area contributed by atoms with E-state index in [2.05, 4.69) is 26.6 Å². The predicted molar refractivity (Wildman–Crippen MR) is 100 cm³/mol. The minimum Gasteiger partial charge on any atom is -0.415 e. The second-order valence-corrected chi connectivity index (χ2v) is 15.0. The molecule has 4 aliphatic carbocycles. The van der Waals surface area contributed by atoms with Crippen LogP contribution < -0.4 is 0 Å². The molecule has 0 amide bonds. The van der Waals surface area contributed by atoms with E-state index in [9.17, 15) is 4.79 Å². The topological polar surface area (TPSA) is 26.3 Å². The Morgan fingerprint density at radius 1 is 0.958 bits per heavy atom.